The third-order valence-electron chi connectivity index (χ3n) is 5.36. The van der Waals surface area contributed by atoms with Crippen LogP contribution in [0.2, 0.25) is 0 Å². The molecular formula is C23H22N3OS3+. The molecule has 0 N–H and O–H groups in total. The van der Waals surface area contributed by atoms with Crippen molar-refractivity contribution in [3.05, 3.63) is 73.1 Å². The molecule has 0 spiro atoms. The number of nitrogens with zero attached hydrogens (tertiary/aromatic N) is 3. The van der Waals surface area contributed by atoms with Crippen LogP contribution in [0.25, 0.3) is 21.3 Å². The highest BCUT2D eigenvalue weighted by Gasteiger charge is 2.24. The average Bonchev–Trinajstić information content (AvgIpc) is 3.39. The van der Waals surface area contributed by atoms with Crippen LogP contribution >= 0.6 is 34.4 Å². The minimum Gasteiger partial charge on any atom is -0.337 e. The lowest BCUT2D eigenvalue weighted by Gasteiger charge is -2.11. The molecule has 7 heteroatoms. The van der Waals surface area contributed by atoms with Gasteiger partial charge in [-0.2, -0.15) is 4.57 Å². The number of para-hydroxylation sites is 2. The van der Waals surface area contributed by atoms with Gasteiger partial charge in [-0.3, -0.25) is 9.36 Å². The first-order chi connectivity index (χ1) is 14.6. The number of thiazole rings is 2. The standard InChI is InChI=1S/C23H22N3OS3/c1-4-25-16-11-7-9-13-18(16)28-19(25)14-20-26(5-2)22(27)21(30-20)23-24(3)15-10-6-8-12-17(15)29-23/h6-14H,4-5H2,1-3H3/q+1/b23-21-. The van der Waals surface area contributed by atoms with E-state index in [-0.39, 0.29) is 5.56 Å². The van der Waals surface area contributed by atoms with Crippen molar-refractivity contribution in [3.63, 3.8) is 0 Å². The van der Waals surface area contributed by atoms with Crippen LogP contribution in [0, 0.1) is 0 Å². The second kappa shape index (κ2) is 7.72. The Labute approximate surface area is 187 Å². The van der Waals surface area contributed by atoms with Crippen molar-refractivity contribution < 1.29 is 4.57 Å². The van der Waals surface area contributed by atoms with Gasteiger partial charge in [-0.15, -0.1) is 11.3 Å². The highest BCUT2D eigenvalue weighted by Crippen LogP contribution is 2.44. The van der Waals surface area contributed by atoms with Crippen LogP contribution in [-0.4, -0.2) is 11.6 Å². The Morgan fingerprint density at radius 2 is 1.80 bits per heavy atom. The van der Waals surface area contributed by atoms with E-state index in [4.69, 9.17) is 0 Å². The minimum absolute atomic E-state index is 0.0973. The fourth-order valence-electron chi connectivity index (χ4n) is 3.86. The molecule has 0 atom stereocenters. The molecule has 2 aromatic heterocycles. The number of anilines is 1. The topological polar surface area (TPSA) is 29.1 Å². The molecule has 4 aromatic rings. The number of aromatic nitrogens is 2. The van der Waals surface area contributed by atoms with E-state index in [1.165, 1.54) is 20.1 Å². The minimum atomic E-state index is 0.0973. The molecule has 30 heavy (non-hydrogen) atoms. The molecule has 0 aliphatic carbocycles. The van der Waals surface area contributed by atoms with Crippen LogP contribution in [0.5, 0.6) is 0 Å². The molecule has 4 nitrogen and oxygen atoms in total. The monoisotopic (exact) mass is 452 g/mol. The summed E-state index contributed by atoms with van der Waals surface area (Å²) in [6.45, 7) is 5.77. The molecule has 3 heterocycles. The number of thioether (sulfide) groups is 1. The van der Waals surface area contributed by atoms with E-state index in [0.29, 0.717) is 6.54 Å². The first-order valence-electron chi connectivity index (χ1n) is 10.00. The molecule has 1 aliphatic rings. The van der Waals surface area contributed by atoms with E-state index in [1.54, 1.807) is 34.4 Å². The predicted octanol–water partition coefficient (Wildman–Crippen LogP) is 3.59. The third kappa shape index (κ3) is 3.04. The summed E-state index contributed by atoms with van der Waals surface area (Å²) in [7, 11) is 2.05. The molecule has 0 bridgehead atoms. The van der Waals surface area contributed by atoms with Gasteiger partial charge in [-0.25, -0.2) is 0 Å². The maximum Gasteiger partial charge on any atom is 0.271 e. The van der Waals surface area contributed by atoms with Gasteiger partial charge in [0.05, 0.1) is 11.8 Å². The van der Waals surface area contributed by atoms with Crippen molar-refractivity contribution in [2.75, 3.05) is 11.9 Å². The van der Waals surface area contributed by atoms with Crippen LogP contribution in [0.4, 0.5) is 5.69 Å². The van der Waals surface area contributed by atoms with Gasteiger partial charge in [0.25, 0.3) is 10.6 Å². The van der Waals surface area contributed by atoms with E-state index in [9.17, 15) is 4.79 Å². The van der Waals surface area contributed by atoms with Gasteiger partial charge < -0.3 is 4.90 Å². The van der Waals surface area contributed by atoms with Gasteiger partial charge in [0.2, 0.25) is 5.52 Å². The van der Waals surface area contributed by atoms with Gasteiger partial charge in [-0.1, -0.05) is 47.4 Å². The lowest BCUT2D eigenvalue weighted by atomic mass is 10.3. The Balaban J connectivity index is 1.74. The van der Waals surface area contributed by atoms with E-state index < -0.39 is 0 Å². The van der Waals surface area contributed by atoms with Gasteiger partial charge in [0, 0.05) is 24.6 Å². The van der Waals surface area contributed by atoms with Crippen LogP contribution in [0.15, 0.2) is 58.2 Å². The second-order valence-electron chi connectivity index (χ2n) is 7.05. The van der Waals surface area contributed by atoms with Crippen molar-refractivity contribution >= 4 is 61.4 Å². The van der Waals surface area contributed by atoms with E-state index in [2.05, 4.69) is 58.9 Å². The fourth-order valence-corrected chi connectivity index (χ4v) is 7.55. The summed E-state index contributed by atoms with van der Waals surface area (Å²) in [4.78, 5) is 16.7. The number of rotatable bonds is 3. The molecule has 2 aromatic carbocycles. The SMILES string of the molecule is CCn1c(=O)/c(=C2/Sc3ccccc3N2C)s/c1=C/c1sc2ccccc2[n+]1CC. The number of benzene rings is 2. The molecule has 5 rings (SSSR count). The maximum absolute atomic E-state index is 13.3. The molecule has 0 saturated carbocycles. The Kier molecular flexibility index (Phi) is 5.05. The van der Waals surface area contributed by atoms with E-state index in [1.807, 2.05) is 30.7 Å². The number of aryl methyl sites for hydroxylation is 1. The zero-order valence-corrected chi connectivity index (χ0v) is 19.5. The summed E-state index contributed by atoms with van der Waals surface area (Å²) < 4.78 is 7.31. The zero-order valence-electron chi connectivity index (χ0n) is 17.1. The molecular weight excluding hydrogens is 430 g/mol. The molecule has 0 saturated heterocycles. The van der Waals surface area contributed by atoms with Gasteiger partial charge in [-0.05, 0) is 32.0 Å². The quantitative estimate of drug-likeness (QED) is 0.445. The molecule has 0 amide bonds. The summed E-state index contributed by atoms with van der Waals surface area (Å²) in [5.74, 6) is 0. The highest BCUT2D eigenvalue weighted by atomic mass is 32.2. The van der Waals surface area contributed by atoms with Crippen molar-refractivity contribution in [3.8, 4) is 0 Å². The Morgan fingerprint density at radius 3 is 2.57 bits per heavy atom. The predicted molar refractivity (Wildman–Crippen MR) is 129 cm³/mol. The number of fused-ring (bicyclic) bond motifs is 2. The molecule has 0 unspecified atom stereocenters. The maximum atomic E-state index is 13.3. The second-order valence-corrected chi connectivity index (χ2v) is 10.2. The average molecular weight is 453 g/mol. The lowest BCUT2D eigenvalue weighted by molar-refractivity contribution is -0.665. The summed E-state index contributed by atoms with van der Waals surface area (Å²) >= 11 is 5.06. The smallest absolute Gasteiger partial charge is 0.271 e. The largest absolute Gasteiger partial charge is 0.337 e. The van der Waals surface area contributed by atoms with E-state index in [0.717, 1.165) is 26.5 Å². The lowest BCUT2D eigenvalue weighted by Crippen LogP contribution is -2.35. The highest BCUT2D eigenvalue weighted by molar-refractivity contribution is 8.08. The number of hydrogen-bond acceptors (Lipinski definition) is 5. The molecule has 0 fully saturated rings. The first-order valence-corrected chi connectivity index (χ1v) is 12.4. The summed E-state index contributed by atoms with van der Waals surface area (Å²) in [6, 6.07) is 16.8. The third-order valence-corrected chi connectivity index (χ3v) is 8.96. The van der Waals surface area contributed by atoms with Gasteiger partial charge >= 0.3 is 0 Å². The van der Waals surface area contributed by atoms with Gasteiger partial charge in [0.15, 0.2) is 0 Å². The summed E-state index contributed by atoms with van der Waals surface area (Å²) in [5.41, 5.74) is 2.50. The van der Waals surface area contributed by atoms with Crippen LogP contribution in [0.3, 0.4) is 0 Å². The fraction of sp³-hybridized carbons (Fsp3) is 0.217. The zero-order chi connectivity index (χ0) is 20.8. The van der Waals surface area contributed by atoms with Crippen LogP contribution < -0.4 is 24.2 Å². The molecule has 152 valence electrons. The van der Waals surface area contributed by atoms with Crippen molar-refractivity contribution in [1.82, 2.24) is 4.57 Å². The Bertz CT molecular complexity index is 1440. The van der Waals surface area contributed by atoms with Crippen LogP contribution in [0.1, 0.15) is 18.9 Å². The Hall–Kier alpha value is -2.35. The van der Waals surface area contributed by atoms with Gasteiger partial charge in [0.1, 0.15) is 25.5 Å². The van der Waals surface area contributed by atoms with E-state index >= 15 is 0 Å². The van der Waals surface area contributed by atoms with Crippen molar-refractivity contribution in [2.45, 2.75) is 31.8 Å². The van der Waals surface area contributed by atoms with Crippen LogP contribution in [-0.2, 0) is 13.1 Å². The molecule has 0 radical (unpaired) electrons. The van der Waals surface area contributed by atoms with Crippen molar-refractivity contribution in [2.24, 2.45) is 0 Å². The molecule has 1 aliphatic heterocycles. The van der Waals surface area contributed by atoms with Crippen molar-refractivity contribution in [1.29, 1.82) is 0 Å². The normalized spacial score (nSPS) is 16.0. The Morgan fingerprint density at radius 1 is 1.03 bits per heavy atom. The summed E-state index contributed by atoms with van der Waals surface area (Å²) in [6.07, 6.45) is 2.18. The number of hydrogen-bond donors (Lipinski definition) is 0. The summed E-state index contributed by atoms with van der Waals surface area (Å²) in [5, 5.41) is 2.20. The first kappa shape index (κ1) is 19.6.